The van der Waals surface area contributed by atoms with Gasteiger partial charge >= 0.3 is 5.97 Å². The molecule has 0 saturated carbocycles. The lowest BCUT2D eigenvalue weighted by Crippen LogP contribution is -2.26. The van der Waals surface area contributed by atoms with Crippen LogP contribution >= 0.6 is 11.8 Å². The number of carboxylic acids is 1. The van der Waals surface area contributed by atoms with E-state index >= 15 is 0 Å². The average molecular weight is 363 g/mol. The topological polar surface area (TPSA) is 100 Å². The molecule has 1 aromatic carbocycles. The van der Waals surface area contributed by atoms with Gasteiger partial charge in [-0.05, 0) is 42.7 Å². The van der Waals surface area contributed by atoms with Crippen molar-refractivity contribution in [3.63, 3.8) is 0 Å². The fourth-order valence-corrected chi connectivity index (χ4v) is 2.89. The summed E-state index contributed by atoms with van der Waals surface area (Å²) >= 11 is 1.08. The molecule has 1 atom stereocenters. The molecule has 1 aromatic rings. The van der Waals surface area contributed by atoms with E-state index in [2.05, 4.69) is 29.4 Å². The maximum absolute atomic E-state index is 11.6. The van der Waals surface area contributed by atoms with Gasteiger partial charge in [0, 0.05) is 0 Å². The van der Waals surface area contributed by atoms with Gasteiger partial charge in [0.2, 0.25) is 5.91 Å². The van der Waals surface area contributed by atoms with Crippen LogP contribution in [0.25, 0.3) is 0 Å². The highest BCUT2D eigenvalue weighted by atomic mass is 32.2. The number of amidine groups is 1. The molecule has 0 spiro atoms. The minimum absolute atomic E-state index is 0.240. The number of thioether (sulfide) groups is 1. The summed E-state index contributed by atoms with van der Waals surface area (Å²) in [6, 6.07) is 7.53. The number of hydrogen-bond acceptors (Lipinski definition) is 6. The van der Waals surface area contributed by atoms with Crippen LogP contribution in [0.3, 0.4) is 0 Å². The van der Waals surface area contributed by atoms with E-state index in [-0.39, 0.29) is 12.3 Å². The molecular weight excluding hydrogens is 342 g/mol. The van der Waals surface area contributed by atoms with Gasteiger partial charge in [0.1, 0.15) is 11.0 Å². The zero-order valence-corrected chi connectivity index (χ0v) is 15.2. The number of hydrogen-bond donors (Lipinski definition) is 2. The minimum Gasteiger partial charge on any atom is -0.493 e. The van der Waals surface area contributed by atoms with Crippen molar-refractivity contribution >= 4 is 34.5 Å². The SMILES string of the molecule is C/C(=N/N=C1/NC(=O)[C@@H](CC(=O)O)S1)c1ccc(OCC(C)C)cc1. The number of carboxylic acid groups (broad SMARTS) is 1. The van der Waals surface area contributed by atoms with E-state index in [0.29, 0.717) is 23.4 Å². The largest absolute Gasteiger partial charge is 0.493 e. The molecule has 1 heterocycles. The number of ether oxygens (including phenoxy) is 1. The Balaban J connectivity index is 1.99. The van der Waals surface area contributed by atoms with Crippen molar-refractivity contribution in [1.82, 2.24) is 5.32 Å². The van der Waals surface area contributed by atoms with Gasteiger partial charge in [0.05, 0.1) is 18.7 Å². The van der Waals surface area contributed by atoms with Gasteiger partial charge in [-0.1, -0.05) is 25.6 Å². The normalized spacial score (nSPS) is 19.4. The standard InChI is InChI=1S/C17H21N3O4S/c1-10(2)9-24-13-6-4-12(5-7-13)11(3)19-20-17-18-16(23)14(25-17)8-15(21)22/h4-7,10,14H,8-9H2,1-3H3,(H,21,22)(H,18,20,23)/b19-11-/t14-/m1/s1. The summed E-state index contributed by atoms with van der Waals surface area (Å²) in [5, 5.41) is 19.1. The molecule has 1 amide bonds. The molecule has 1 fully saturated rings. The summed E-state index contributed by atoms with van der Waals surface area (Å²) in [5.41, 5.74) is 1.57. The van der Waals surface area contributed by atoms with Gasteiger partial charge in [-0.25, -0.2) is 0 Å². The van der Waals surface area contributed by atoms with Crippen molar-refractivity contribution in [3.05, 3.63) is 29.8 Å². The quantitative estimate of drug-likeness (QED) is 0.573. The van der Waals surface area contributed by atoms with Crippen LogP contribution < -0.4 is 10.1 Å². The molecule has 1 aliphatic heterocycles. The molecule has 0 aliphatic carbocycles. The van der Waals surface area contributed by atoms with Gasteiger partial charge in [-0.2, -0.15) is 5.10 Å². The second-order valence-electron chi connectivity index (χ2n) is 6.01. The summed E-state index contributed by atoms with van der Waals surface area (Å²) in [6.45, 7) is 6.65. The van der Waals surface area contributed by atoms with Crippen molar-refractivity contribution in [2.45, 2.75) is 32.4 Å². The van der Waals surface area contributed by atoms with Crippen molar-refractivity contribution < 1.29 is 19.4 Å². The highest BCUT2D eigenvalue weighted by Crippen LogP contribution is 2.22. The van der Waals surface area contributed by atoms with E-state index in [9.17, 15) is 9.59 Å². The number of nitrogens with zero attached hydrogens (tertiary/aromatic N) is 2. The van der Waals surface area contributed by atoms with Crippen LogP contribution in [0.15, 0.2) is 34.5 Å². The molecule has 0 aromatic heterocycles. The Morgan fingerprint density at radius 3 is 2.64 bits per heavy atom. The molecule has 8 heteroatoms. The van der Waals surface area contributed by atoms with E-state index in [1.807, 2.05) is 31.2 Å². The van der Waals surface area contributed by atoms with Gasteiger partial charge in [0.15, 0.2) is 5.17 Å². The molecule has 1 saturated heterocycles. The Labute approximate surface area is 150 Å². The van der Waals surface area contributed by atoms with E-state index < -0.39 is 11.2 Å². The molecule has 134 valence electrons. The first-order valence-electron chi connectivity index (χ1n) is 7.90. The maximum atomic E-state index is 11.6. The molecule has 2 rings (SSSR count). The van der Waals surface area contributed by atoms with Crippen LogP contribution in [0.4, 0.5) is 0 Å². The third-order valence-corrected chi connectivity index (χ3v) is 4.35. The van der Waals surface area contributed by atoms with E-state index in [4.69, 9.17) is 9.84 Å². The molecule has 1 aliphatic rings. The summed E-state index contributed by atoms with van der Waals surface area (Å²) in [4.78, 5) is 22.3. The number of amides is 1. The van der Waals surface area contributed by atoms with Gasteiger partial charge in [-0.15, -0.1) is 5.10 Å². The number of aliphatic carboxylic acids is 1. The fraction of sp³-hybridized carbons (Fsp3) is 0.412. The summed E-state index contributed by atoms with van der Waals surface area (Å²) in [6.07, 6.45) is -0.240. The first-order valence-corrected chi connectivity index (χ1v) is 8.78. The predicted molar refractivity (Wildman–Crippen MR) is 98.2 cm³/mol. The van der Waals surface area contributed by atoms with Crippen molar-refractivity contribution in [1.29, 1.82) is 0 Å². The lowest BCUT2D eigenvalue weighted by Gasteiger charge is -2.08. The Morgan fingerprint density at radius 1 is 1.36 bits per heavy atom. The molecular formula is C17H21N3O4S. The highest BCUT2D eigenvalue weighted by molar-refractivity contribution is 8.15. The Bertz CT molecular complexity index is 698. The van der Waals surface area contributed by atoms with Crippen LogP contribution in [0, 0.1) is 5.92 Å². The van der Waals surface area contributed by atoms with Gasteiger partial charge in [0.25, 0.3) is 0 Å². The highest BCUT2D eigenvalue weighted by Gasteiger charge is 2.32. The summed E-state index contributed by atoms with van der Waals surface area (Å²) in [5.74, 6) is -0.117. The van der Waals surface area contributed by atoms with Gasteiger partial charge < -0.3 is 15.2 Å². The van der Waals surface area contributed by atoms with E-state index in [1.165, 1.54) is 0 Å². The molecule has 0 bridgehead atoms. The lowest BCUT2D eigenvalue weighted by atomic mass is 10.1. The van der Waals surface area contributed by atoms with Crippen LogP contribution in [-0.2, 0) is 9.59 Å². The molecule has 0 unspecified atom stereocenters. The number of rotatable bonds is 7. The Hall–Kier alpha value is -2.35. The second kappa shape index (κ2) is 8.66. The van der Waals surface area contributed by atoms with Crippen molar-refractivity contribution in [2.24, 2.45) is 16.1 Å². The monoisotopic (exact) mass is 363 g/mol. The van der Waals surface area contributed by atoms with Crippen LogP contribution in [0.2, 0.25) is 0 Å². The average Bonchev–Trinajstić information content (AvgIpc) is 2.90. The van der Waals surface area contributed by atoms with Crippen LogP contribution in [-0.4, -0.2) is 39.7 Å². The zero-order chi connectivity index (χ0) is 18.4. The van der Waals surface area contributed by atoms with Crippen LogP contribution in [0.5, 0.6) is 5.75 Å². The van der Waals surface area contributed by atoms with Crippen molar-refractivity contribution in [2.75, 3.05) is 6.61 Å². The molecule has 7 nitrogen and oxygen atoms in total. The number of nitrogens with one attached hydrogen (secondary N) is 1. The number of carbonyl (C=O) groups excluding carboxylic acids is 1. The van der Waals surface area contributed by atoms with Crippen LogP contribution in [0.1, 0.15) is 32.8 Å². The Kier molecular flexibility index (Phi) is 6.58. The second-order valence-corrected chi connectivity index (χ2v) is 7.20. The van der Waals surface area contributed by atoms with Gasteiger partial charge in [-0.3, -0.25) is 9.59 Å². The molecule has 25 heavy (non-hydrogen) atoms. The summed E-state index contributed by atoms with van der Waals surface area (Å²) in [7, 11) is 0. The third kappa shape index (κ3) is 5.90. The zero-order valence-electron chi connectivity index (χ0n) is 14.4. The molecule has 2 N–H and O–H groups in total. The third-order valence-electron chi connectivity index (χ3n) is 3.28. The first-order chi connectivity index (χ1) is 11.8. The first kappa shape index (κ1) is 19.0. The van der Waals surface area contributed by atoms with Crippen molar-refractivity contribution in [3.8, 4) is 5.75 Å². The predicted octanol–water partition coefficient (Wildman–Crippen LogP) is 2.51. The smallest absolute Gasteiger partial charge is 0.305 e. The number of benzene rings is 1. The van der Waals surface area contributed by atoms with E-state index in [1.54, 1.807) is 0 Å². The fourth-order valence-electron chi connectivity index (χ4n) is 1.98. The lowest BCUT2D eigenvalue weighted by molar-refractivity contribution is -0.138. The minimum atomic E-state index is -1.02. The Morgan fingerprint density at radius 2 is 2.04 bits per heavy atom. The molecule has 0 radical (unpaired) electrons. The summed E-state index contributed by atoms with van der Waals surface area (Å²) < 4.78 is 5.63. The van der Waals surface area contributed by atoms with E-state index in [0.717, 1.165) is 23.1 Å². The maximum Gasteiger partial charge on any atom is 0.305 e. The number of carbonyl (C=O) groups is 2.